The smallest absolute Gasteiger partial charge is 0.0241 e. The summed E-state index contributed by atoms with van der Waals surface area (Å²) in [5, 5.41) is 0. The summed E-state index contributed by atoms with van der Waals surface area (Å²) < 4.78 is 0. The standard InChI is InChI=1S/C7H14N2/c1-2-6-4-5-8-9-7(6)3-1/h6-9H,1-5H2. The molecule has 0 radical (unpaired) electrons. The van der Waals surface area contributed by atoms with Gasteiger partial charge in [0.2, 0.25) is 0 Å². The highest BCUT2D eigenvalue weighted by Crippen LogP contribution is 2.28. The van der Waals surface area contributed by atoms with Crippen molar-refractivity contribution in [2.24, 2.45) is 5.92 Å². The molecule has 1 heterocycles. The number of hydrogen-bond donors (Lipinski definition) is 2. The molecule has 0 bridgehead atoms. The third-order valence-corrected chi connectivity index (χ3v) is 2.59. The lowest BCUT2D eigenvalue weighted by Crippen LogP contribution is -2.48. The largest absolute Gasteiger partial charge is 0.258 e. The first-order valence-electron chi connectivity index (χ1n) is 3.95. The maximum absolute atomic E-state index is 3.33. The number of nitrogens with one attached hydrogen (secondary N) is 2. The van der Waals surface area contributed by atoms with E-state index in [0.717, 1.165) is 12.0 Å². The molecule has 2 aliphatic rings. The zero-order valence-electron chi connectivity index (χ0n) is 5.69. The van der Waals surface area contributed by atoms with Gasteiger partial charge in [0.05, 0.1) is 0 Å². The molecule has 2 atom stereocenters. The van der Waals surface area contributed by atoms with Crippen LogP contribution < -0.4 is 10.9 Å². The summed E-state index contributed by atoms with van der Waals surface area (Å²) in [6, 6.07) is 0.804. The van der Waals surface area contributed by atoms with Crippen LogP contribution in [-0.2, 0) is 0 Å². The quantitative estimate of drug-likeness (QED) is 0.498. The van der Waals surface area contributed by atoms with E-state index in [0.29, 0.717) is 0 Å². The van der Waals surface area contributed by atoms with Gasteiger partial charge in [0.1, 0.15) is 0 Å². The minimum absolute atomic E-state index is 0.804. The van der Waals surface area contributed by atoms with Crippen LogP contribution in [0.2, 0.25) is 0 Å². The topological polar surface area (TPSA) is 24.1 Å². The van der Waals surface area contributed by atoms with E-state index in [1.54, 1.807) is 0 Å². The zero-order chi connectivity index (χ0) is 6.10. The van der Waals surface area contributed by atoms with Crippen molar-refractivity contribution < 1.29 is 0 Å². The fraction of sp³-hybridized carbons (Fsp3) is 1.00. The second kappa shape index (κ2) is 2.27. The van der Waals surface area contributed by atoms with Crippen LogP contribution in [0.4, 0.5) is 0 Å². The van der Waals surface area contributed by atoms with E-state index in [9.17, 15) is 0 Å². The van der Waals surface area contributed by atoms with Crippen LogP contribution in [0.3, 0.4) is 0 Å². The summed E-state index contributed by atoms with van der Waals surface area (Å²) in [6.07, 6.45) is 5.67. The third-order valence-electron chi connectivity index (χ3n) is 2.59. The highest BCUT2D eigenvalue weighted by atomic mass is 15.4. The third kappa shape index (κ3) is 0.970. The van der Waals surface area contributed by atoms with Gasteiger partial charge in [0, 0.05) is 12.6 Å². The summed E-state index contributed by atoms with van der Waals surface area (Å²) in [6.45, 7) is 1.17. The highest BCUT2D eigenvalue weighted by Gasteiger charge is 2.28. The van der Waals surface area contributed by atoms with Crippen LogP contribution >= 0.6 is 0 Å². The predicted octanol–water partition coefficient (Wildman–Crippen LogP) is 0.653. The Morgan fingerprint density at radius 3 is 3.00 bits per heavy atom. The van der Waals surface area contributed by atoms with Crippen molar-refractivity contribution in [3.63, 3.8) is 0 Å². The van der Waals surface area contributed by atoms with Crippen molar-refractivity contribution in [3.8, 4) is 0 Å². The molecule has 2 fully saturated rings. The Hall–Kier alpha value is -0.0800. The van der Waals surface area contributed by atoms with Crippen molar-refractivity contribution >= 4 is 0 Å². The molecule has 0 aromatic carbocycles. The lowest BCUT2D eigenvalue weighted by Gasteiger charge is -2.26. The second-order valence-corrected chi connectivity index (χ2v) is 3.16. The molecule has 2 nitrogen and oxygen atoms in total. The normalized spacial score (nSPS) is 42.7. The molecule has 0 amide bonds. The lowest BCUT2D eigenvalue weighted by molar-refractivity contribution is 0.277. The van der Waals surface area contributed by atoms with Crippen LogP contribution in [0.25, 0.3) is 0 Å². The summed E-state index contributed by atoms with van der Waals surface area (Å²) >= 11 is 0. The van der Waals surface area contributed by atoms with Gasteiger partial charge in [-0.2, -0.15) is 0 Å². The monoisotopic (exact) mass is 126 g/mol. The molecule has 1 aliphatic heterocycles. The van der Waals surface area contributed by atoms with E-state index in [4.69, 9.17) is 0 Å². The fourth-order valence-corrected chi connectivity index (χ4v) is 2.03. The van der Waals surface area contributed by atoms with Crippen LogP contribution in [0.15, 0.2) is 0 Å². The number of rotatable bonds is 0. The molecule has 52 valence electrons. The molecule has 2 heteroatoms. The van der Waals surface area contributed by atoms with Gasteiger partial charge in [-0.1, -0.05) is 6.42 Å². The molecule has 9 heavy (non-hydrogen) atoms. The van der Waals surface area contributed by atoms with E-state index in [-0.39, 0.29) is 0 Å². The van der Waals surface area contributed by atoms with E-state index in [1.165, 1.54) is 32.2 Å². The van der Waals surface area contributed by atoms with E-state index in [2.05, 4.69) is 10.9 Å². The Morgan fingerprint density at radius 2 is 2.11 bits per heavy atom. The first-order chi connectivity index (χ1) is 4.47. The predicted molar refractivity (Wildman–Crippen MR) is 36.9 cm³/mol. The Labute approximate surface area is 56.0 Å². The van der Waals surface area contributed by atoms with E-state index < -0.39 is 0 Å². The lowest BCUT2D eigenvalue weighted by atomic mass is 9.99. The van der Waals surface area contributed by atoms with Crippen LogP contribution in [0.5, 0.6) is 0 Å². The molecule has 2 unspecified atom stereocenters. The average molecular weight is 126 g/mol. The van der Waals surface area contributed by atoms with Crippen LogP contribution in [-0.4, -0.2) is 12.6 Å². The first kappa shape index (κ1) is 5.69. The molecule has 1 aliphatic carbocycles. The van der Waals surface area contributed by atoms with Crippen LogP contribution in [0.1, 0.15) is 25.7 Å². The van der Waals surface area contributed by atoms with Crippen LogP contribution in [0, 0.1) is 5.92 Å². The molecule has 0 aromatic heterocycles. The van der Waals surface area contributed by atoms with Gasteiger partial charge in [0.15, 0.2) is 0 Å². The average Bonchev–Trinajstić information content (AvgIpc) is 2.33. The second-order valence-electron chi connectivity index (χ2n) is 3.16. The number of hydrazine groups is 1. The molecular formula is C7H14N2. The number of hydrogen-bond acceptors (Lipinski definition) is 2. The van der Waals surface area contributed by atoms with Gasteiger partial charge in [-0.05, 0) is 25.2 Å². The Morgan fingerprint density at radius 1 is 1.11 bits per heavy atom. The molecule has 2 N–H and O–H groups in total. The van der Waals surface area contributed by atoms with Crippen molar-refractivity contribution in [3.05, 3.63) is 0 Å². The van der Waals surface area contributed by atoms with Crippen molar-refractivity contribution in [2.45, 2.75) is 31.7 Å². The van der Waals surface area contributed by atoms with Gasteiger partial charge in [0.25, 0.3) is 0 Å². The summed E-state index contributed by atoms with van der Waals surface area (Å²) in [5.41, 5.74) is 6.54. The van der Waals surface area contributed by atoms with Gasteiger partial charge in [-0.15, -0.1) is 0 Å². The minimum Gasteiger partial charge on any atom is -0.258 e. The van der Waals surface area contributed by atoms with Crippen molar-refractivity contribution in [1.29, 1.82) is 0 Å². The molecule has 0 spiro atoms. The van der Waals surface area contributed by atoms with Gasteiger partial charge in [-0.25, -0.2) is 0 Å². The minimum atomic E-state index is 0.804. The summed E-state index contributed by atoms with van der Waals surface area (Å²) in [7, 11) is 0. The SMILES string of the molecule is C1CC2CCNNC2C1. The molecular weight excluding hydrogens is 112 g/mol. The van der Waals surface area contributed by atoms with Crippen molar-refractivity contribution in [2.75, 3.05) is 6.54 Å². The molecule has 2 rings (SSSR count). The van der Waals surface area contributed by atoms with Gasteiger partial charge >= 0.3 is 0 Å². The highest BCUT2D eigenvalue weighted by molar-refractivity contribution is 4.84. The molecule has 0 aromatic rings. The van der Waals surface area contributed by atoms with Gasteiger partial charge in [-0.3, -0.25) is 10.9 Å². The van der Waals surface area contributed by atoms with Crippen molar-refractivity contribution in [1.82, 2.24) is 10.9 Å². The number of fused-ring (bicyclic) bond motifs is 1. The first-order valence-corrected chi connectivity index (χ1v) is 3.95. The van der Waals surface area contributed by atoms with E-state index >= 15 is 0 Å². The molecule has 1 saturated carbocycles. The zero-order valence-corrected chi connectivity index (χ0v) is 5.69. The summed E-state index contributed by atoms with van der Waals surface area (Å²) in [5.74, 6) is 0.992. The maximum atomic E-state index is 3.33. The Bertz CT molecular complexity index is 91.1. The van der Waals surface area contributed by atoms with Gasteiger partial charge < -0.3 is 0 Å². The summed E-state index contributed by atoms with van der Waals surface area (Å²) in [4.78, 5) is 0. The Balaban J connectivity index is 1.97. The van der Waals surface area contributed by atoms with E-state index in [1.807, 2.05) is 0 Å². The maximum Gasteiger partial charge on any atom is 0.0241 e. The molecule has 1 saturated heterocycles. The fourth-order valence-electron chi connectivity index (χ4n) is 2.03. The Kier molecular flexibility index (Phi) is 1.44.